The summed E-state index contributed by atoms with van der Waals surface area (Å²) in [5.41, 5.74) is -0.273. The first kappa shape index (κ1) is 19.1. The van der Waals surface area contributed by atoms with Crippen LogP contribution in [0, 0.1) is 23.3 Å². The fourth-order valence-corrected chi connectivity index (χ4v) is 1.68. The number of carboxylic acid groups (broad SMARTS) is 2. The van der Waals surface area contributed by atoms with E-state index in [-0.39, 0.29) is 11.1 Å². The third-order valence-electron chi connectivity index (χ3n) is 2.70. The predicted octanol–water partition coefficient (Wildman–Crippen LogP) is 3.18. The molecule has 2 aromatic rings. The van der Waals surface area contributed by atoms with Crippen molar-refractivity contribution in [3.05, 3.63) is 70.8 Å². The molecule has 128 valence electrons. The monoisotopic (exact) mass is 344 g/mol. The van der Waals surface area contributed by atoms with Crippen molar-refractivity contribution in [1.82, 2.24) is 0 Å². The minimum absolute atomic E-state index is 0.137. The summed E-state index contributed by atoms with van der Waals surface area (Å²) < 4.78 is 50.3. The van der Waals surface area contributed by atoms with E-state index in [0.717, 1.165) is 36.4 Å². The van der Waals surface area contributed by atoms with Crippen LogP contribution in [0.2, 0.25) is 0 Å². The van der Waals surface area contributed by atoms with Gasteiger partial charge in [-0.2, -0.15) is 0 Å². The van der Waals surface area contributed by atoms with Gasteiger partial charge in [0.15, 0.2) is 0 Å². The van der Waals surface area contributed by atoms with E-state index in [2.05, 4.69) is 0 Å². The lowest BCUT2D eigenvalue weighted by Gasteiger charge is -1.98. The SMILES string of the molecule is O=C(O)Cc1cc(F)ccc1F.O=C(O)Cc1cc(F)ccc1F. The Bertz CT molecular complexity index is 683. The fourth-order valence-electron chi connectivity index (χ4n) is 1.68. The molecule has 0 spiro atoms. The number of hydrogen-bond acceptors (Lipinski definition) is 2. The predicted molar refractivity (Wildman–Crippen MR) is 75.4 cm³/mol. The minimum atomic E-state index is -1.18. The third kappa shape index (κ3) is 6.47. The molecule has 0 aromatic heterocycles. The van der Waals surface area contributed by atoms with E-state index in [4.69, 9.17) is 10.2 Å². The molecule has 0 radical (unpaired) electrons. The molecule has 0 aliphatic carbocycles. The van der Waals surface area contributed by atoms with E-state index in [1.807, 2.05) is 0 Å². The molecule has 0 aliphatic rings. The first-order chi connectivity index (χ1) is 11.2. The summed E-state index contributed by atoms with van der Waals surface area (Å²) in [5, 5.41) is 16.6. The second-order valence-corrected chi connectivity index (χ2v) is 4.61. The van der Waals surface area contributed by atoms with Crippen LogP contribution < -0.4 is 0 Å². The average molecular weight is 344 g/mol. The summed E-state index contributed by atoms with van der Waals surface area (Å²) in [6.45, 7) is 0. The van der Waals surface area contributed by atoms with Crippen LogP contribution in [0.5, 0.6) is 0 Å². The van der Waals surface area contributed by atoms with Crippen LogP contribution in [0.3, 0.4) is 0 Å². The van der Waals surface area contributed by atoms with E-state index < -0.39 is 48.0 Å². The van der Waals surface area contributed by atoms with Crippen molar-refractivity contribution in [1.29, 1.82) is 0 Å². The van der Waals surface area contributed by atoms with Gasteiger partial charge >= 0.3 is 11.9 Å². The van der Waals surface area contributed by atoms with Gasteiger partial charge in [0.2, 0.25) is 0 Å². The zero-order chi connectivity index (χ0) is 18.3. The summed E-state index contributed by atoms with van der Waals surface area (Å²) >= 11 is 0. The van der Waals surface area contributed by atoms with Gasteiger partial charge in [-0.3, -0.25) is 9.59 Å². The highest BCUT2D eigenvalue weighted by Crippen LogP contribution is 2.10. The van der Waals surface area contributed by atoms with Crippen LogP contribution in [0.1, 0.15) is 11.1 Å². The van der Waals surface area contributed by atoms with Crippen molar-refractivity contribution < 1.29 is 37.4 Å². The summed E-state index contributed by atoms with van der Waals surface area (Å²) in [5.74, 6) is -5.02. The lowest BCUT2D eigenvalue weighted by molar-refractivity contribution is -0.137. The molecule has 0 atom stereocenters. The van der Waals surface area contributed by atoms with E-state index in [0.29, 0.717) is 0 Å². The quantitative estimate of drug-likeness (QED) is 0.836. The Morgan fingerprint density at radius 1 is 0.708 bits per heavy atom. The molecule has 24 heavy (non-hydrogen) atoms. The smallest absolute Gasteiger partial charge is 0.307 e. The Morgan fingerprint density at radius 2 is 1.04 bits per heavy atom. The maximum absolute atomic E-state index is 12.7. The molecule has 8 heteroatoms. The van der Waals surface area contributed by atoms with Crippen LogP contribution in [-0.4, -0.2) is 22.2 Å². The maximum Gasteiger partial charge on any atom is 0.307 e. The van der Waals surface area contributed by atoms with E-state index >= 15 is 0 Å². The molecule has 0 saturated carbocycles. The number of aliphatic carboxylic acids is 2. The Balaban J connectivity index is 0.000000240. The van der Waals surface area contributed by atoms with Crippen molar-refractivity contribution in [3.63, 3.8) is 0 Å². The molecule has 0 amide bonds. The van der Waals surface area contributed by atoms with Crippen LogP contribution in [0.25, 0.3) is 0 Å². The maximum atomic E-state index is 12.7. The van der Waals surface area contributed by atoms with Crippen molar-refractivity contribution in [2.45, 2.75) is 12.8 Å². The molecule has 0 fully saturated rings. The molecular formula is C16H12F4O4. The summed E-state index contributed by atoms with van der Waals surface area (Å²) in [4.78, 5) is 20.3. The Kier molecular flexibility index (Phi) is 6.91. The Morgan fingerprint density at radius 3 is 1.33 bits per heavy atom. The molecule has 2 N–H and O–H groups in total. The molecule has 0 bridgehead atoms. The van der Waals surface area contributed by atoms with E-state index in [1.165, 1.54) is 0 Å². The van der Waals surface area contributed by atoms with Crippen molar-refractivity contribution >= 4 is 11.9 Å². The molecular weight excluding hydrogens is 332 g/mol. The molecule has 0 unspecified atom stereocenters. The van der Waals surface area contributed by atoms with Crippen LogP contribution in [-0.2, 0) is 22.4 Å². The van der Waals surface area contributed by atoms with E-state index in [1.54, 1.807) is 0 Å². The van der Waals surface area contributed by atoms with Gasteiger partial charge in [0.1, 0.15) is 23.3 Å². The highest BCUT2D eigenvalue weighted by molar-refractivity contribution is 5.70. The highest BCUT2D eigenvalue weighted by Gasteiger charge is 2.08. The molecule has 4 nitrogen and oxygen atoms in total. The Hall–Kier alpha value is -2.90. The van der Waals surface area contributed by atoms with Gasteiger partial charge in [-0.1, -0.05) is 0 Å². The lowest BCUT2D eigenvalue weighted by Crippen LogP contribution is -2.02. The zero-order valence-corrected chi connectivity index (χ0v) is 12.1. The molecule has 2 rings (SSSR count). The van der Waals surface area contributed by atoms with Gasteiger partial charge < -0.3 is 10.2 Å². The summed E-state index contributed by atoms with van der Waals surface area (Å²) in [6.07, 6.45) is -0.993. The molecule has 2 aromatic carbocycles. The number of carbonyl (C=O) groups is 2. The summed E-state index contributed by atoms with van der Waals surface area (Å²) in [6, 6.07) is 5.47. The topological polar surface area (TPSA) is 74.6 Å². The largest absolute Gasteiger partial charge is 0.481 e. The average Bonchev–Trinajstić information content (AvgIpc) is 2.46. The van der Waals surface area contributed by atoms with Crippen LogP contribution >= 0.6 is 0 Å². The fraction of sp³-hybridized carbons (Fsp3) is 0.125. The van der Waals surface area contributed by atoms with Crippen molar-refractivity contribution in [2.75, 3.05) is 0 Å². The number of rotatable bonds is 4. The van der Waals surface area contributed by atoms with Gasteiger partial charge in [-0.05, 0) is 36.4 Å². The van der Waals surface area contributed by atoms with Crippen molar-refractivity contribution in [3.8, 4) is 0 Å². The van der Waals surface area contributed by atoms with Gasteiger partial charge in [-0.25, -0.2) is 17.6 Å². The lowest BCUT2D eigenvalue weighted by atomic mass is 10.1. The van der Waals surface area contributed by atoms with Gasteiger partial charge in [0.05, 0.1) is 12.8 Å². The number of hydrogen-bond donors (Lipinski definition) is 2. The minimum Gasteiger partial charge on any atom is -0.481 e. The second kappa shape index (κ2) is 8.66. The van der Waals surface area contributed by atoms with E-state index in [9.17, 15) is 27.2 Å². The molecule has 0 saturated heterocycles. The molecule has 0 heterocycles. The number of benzene rings is 2. The van der Waals surface area contributed by atoms with Crippen LogP contribution in [0.15, 0.2) is 36.4 Å². The number of halogens is 4. The first-order valence-electron chi connectivity index (χ1n) is 6.50. The van der Waals surface area contributed by atoms with Crippen LogP contribution in [0.4, 0.5) is 17.6 Å². The van der Waals surface area contributed by atoms with Gasteiger partial charge in [0.25, 0.3) is 0 Å². The Labute approximate surface area is 134 Å². The van der Waals surface area contributed by atoms with Crippen molar-refractivity contribution in [2.24, 2.45) is 0 Å². The first-order valence-corrected chi connectivity index (χ1v) is 6.50. The normalized spacial score (nSPS) is 9.83. The summed E-state index contributed by atoms with van der Waals surface area (Å²) in [7, 11) is 0. The highest BCUT2D eigenvalue weighted by atomic mass is 19.1. The molecule has 0 aliphatic heterocycles. The third-order valence-corrected chi connectivity index (χ3v) is 2.70. The zero-order valence-electron chi connectivity index (χ0n) is 12.1. The van der Waals surface area contributed by atoms with Gasteiger partial charge in [0, 0.05) is 11.1 Å². The second-order valence-electron chi connectivity index (χ2n) is 4.61. The number of carboxylic acids is 2. The standard InChI is InChI=1S/2C8H6F2O2/c2*9-6-1-2-7(10)5(3-6)4-8(11)12/h2*1-3H,4H2,(H,11,12). The van der Waals surface area contributed by atoms with Gasteiger partial charge in [-0.15, -0.1) is 0 Å².